The van der Waals surface area contributed by atoms with E-state index in [4.69, 9.17) is 27.9 Å². The molecule has 1 rings (SSSR count). The normalized spacial score (nSPS) is 11.1. The topological polar surface area (TPSA) is 89.8 Å². The van der Waals surface area contributed by atoms with E-state index in [2.05, 4.69) is 0 Å². The number of ether oxygens (including phenoxy) is 1. The van der Waals surface area contributed by atoms with Crippen molar-refractivity contribution in [2.45, 2.75) is 6.92 Å². The van der Waals surface area contributed by atoms with E-state index in [-0.39, 0.29) is 27.8 Å². The zero-order valence-corrected chi connectivity index (χ0v) is 14.1. The van der Waals surface area contributed by atoms with Crippen molar-refractivity contribution in [1.82, 2.24) is 4.90 Å². The third-order valence-corrected chi connectivity index (χ3v) is 3.22. The maximum Gasteiger partial charge on any atom is 0.343 e. The van der Waals surface area contributed by atoms with Crippen molar-refractivity contribution in [1.29, 1.82) is 0 Å². The van der Waals surface area contributed by atoms with E-state index in [9.17, 15) is 19.7 Å². The van der Waals surface area contributed by atoms with E-state index in [0.29, 0.717) is 0 Å². The molecule has 0 heterocycles. The summed E-state index contributed by atoms with van der Waals surface area (Å²) in [5, 5.41) is 10.6. The monoisotopic (exact) mass is 360 g/mol. The van der Waals surface area contributed by atoms with Gasteiger partial charge in [0.2, 0.25) is 5.78 Å². The number of ketones is 1. The van der Waals surface area contributed by atoms with Gasteiger partial charge in [0.1, 0.15) is 10.6 Å². The lowest BCUT2D eigenvalue weighted by Gasteiger charge is -2.11. The maximum absolute atomic E-state index is 12.6. The first-order valence-electron chi connectivity index (χ1n) is 6.42. The molecule has 7 nitrogen and oxygen atoms in total. The SMILES string of the molecule is CCOC(=O)/C(=C\N(C)C)C(=O)c1cc([N+](=O)[O-])c(Cl)cc1Cl. The van der Waals surface area contributed by atoms with Gasteiger partial charge in [0.25, 0.3) is 5.69 Å². The third-order valence-electron chi connectivity index (χ3n) is 2.61. The fourth-order valence-corrected chi connectivity index (χ4v) is 2.21. The van der Waals surface area contributed by atoms with Crippen molar-refractivity contribution >= 4 is 40.6 Å². The quantitative estimate of drug-likeness (QED) is 0.147. The van der Waals surface area contributed by atoms with E-state index in [0.717, 1.165) is 12.1 Å². The number of nitro benzene ring substituents is 1. The number of rotatable bonds is 6. The minimum atomic E-state index is -0.847. The van der Waals surface area contributed by atoms with Gasteiger partial charge in [0.15, 0.2) is 0 Å². The van der Waals surface area contributed by atoms with E-state index < -0.39 is 22.4 Å². The molecular formula is C14H14Cl2N2O5. The standard InChI is InChI=1S/C14H14Cl2N2O5/c1-4-23-14(20)9(7-17(2)3)13(19)8-5-12(18(21)22)11(16)6-10(8)15/h5-7H,4H2,1-3H3/b9-7-. The summed E-state index contributed by atoms with van der Waals surface area (Å²) in [6.07, 6.45) is 1.26. The molecule has 1 aromatic carbocycles. The summed E-state index contributed by atoms with van der Waals surface area (Å²) in [6, 6.07) is 2.03. The molecule has 9 heteroatoms. The Morgan fingerprint density at radius 1 is 1.30 bits per heavy atom. The summed E-state index contributed by atoms with van der Waals surface area (Å²) in [7, 11) is 3.22. The molecule has 1 aromatic rings. The Morgan fingerprint density at radius 3 is 2.39 bits per heavy atom. The van der Waals surface area contributed by atoms with Crippen LogP contribution in [-0.4, -0.2) is 42.3 Å². The predicted octanol–water partition coefficient (Wildman–Crippen LogP) is 3.09. The second kappa shape index (κ2) is 7.94. The number of hydrogen-bond donors (Lipinski definition) is 0. The lowest BCUT2D eigenvalue weighted by Crippen LogP contribution is -2.20. The van der Waals surface area contributed by atoms with Gasteiger partial charge < -0.3 is 9.64 Å². The first kappa shape index (κ1) is 18.9. The highest BCUT2D eigenvalue weighted by Gasteiger charge is 2.27. The highest BCUT2D eigenvalue weighted by atomic mass is 35.5. The second-order valence-corrected chi connectivity index (χ2v) is 5.41. The first-order chi connectivity index (χ1) is 10.7. The number of carbonyl (C=O) groups excluding carboxylic acids is 2. The number of hydrogen-bond acceptors (Lipinski definition) is 6. The van der Waals surface area contributed by atoms with Gasteiger partial charge in [-0.1, -0.05) is 23.2 Å². The smallest absolute Gasteiger partial charge is 0.343 e. The van der Waals surface area contributed by atoms with E-state index in [1.165, 1.54) is 11.1 Å². The fraction of sp³-hybridized carbons (Fsp3) is 0.286. The van der Waals surface area contributed by atoms with Crippen LogP contribution in [0.5, 0.6) is 0 Å². The van der Waals surface area contributed by atoms with Crippen LogP contribution >= 0.6 is 23.2 Å². The highest BCUT2D eigenvalue weighted by Crippen LogP contribution is 2.32. The molecule has 0 aromatic heterocycles. The van der Waals surface area contributed by atoms with E-state index in [1.807, 2.05) is 0 Å². The summed E-state index contributed by atoms with van der Waals surface area (Å²) in [5.41, 5.74) is -0.980. The molecule has 0 N–H and O–H groups in total. The summed E-state index contributed by atoms with van der Waals surface area (Å²) >= 11 is 11.7. The molecule has 124 valence electrons. The number of benzene rings is 1. The molecule has 0 bridgehead atoms. The number of esters is 1. The van der Waals surface area contributed by atoms with Crippen molar-refractivity contribution in [3.8, 4) is 0 Å². The lowest BCUT2D eigenvalue weighted by atomic mass is 10.0. The molecule has 0 saturated heterocycles. The molecule has 0 fully saturated rings. The average molecular weight is 361 g/mol. The van der Waals surface area contributed by atoms with Crippen LogP contribution < -0.4 is 0 Å². The zero-order valence-electron chi connectivity index (χ0n) is 12.6. The second-order valence-electron chi connectivity index (χ2n) is 4.60. The third kappa shape index (κ3) is 4.67. The Balaban J connectivity index is 3.42. The van der Waals surface area contributed by atoms with Gasteiger partial charge in [0.05, 0.1) is 16.6 Å². The van der Waals surface area contributed by atoms with Crippen molar-refractivity contribution in [2.24, 2.45) is 0 Å². The molecule has 0 aliphatic carbocycles. The number of nitrogens with zero attached hydrogens (tertiary/aromatic N) is 2. The van der Waals surface area contributed by atoms with Gasteiger partial charge in [-0.05, 0) is 13.0 Å². The molecule has 0 aliphatic rings. The van der Waals surface area contributed by atoms with Gasteiger partial charge in [-0.2, -0.15) is 0 Å². The molecule has 0 amide bonds. The van der Waals surface area contributed by atoms with Gasteiger partial charge in [-0.3, -0.25) is 14.9 Å². The van der Waals surface area contributed by atoms with Gasteiger partial charge >= 0.3 is 5.97 Å². The van der Waals surface area contributed by atoms with Crippen molar-refractivity contribution in [2.75, 3.05) is 20.7 Å². The van der Waals surface area contributed by atoms with Crippen molar-refractivity contribution < 1.29 is 19.2 Å². The van der Waals surface area contributed by atoms with E-state index in [1.54, 1.807) is 21.0 Å². The van der Waals surface area contributed by atoms with Gasteiger partial charge in [-0.25, -0.2) is 4.79 Å². The van der Waals surface area contributed by atoms with Crippen LogP contribution in [0.15, 0.2) is 23.9 Å². The first-order valence-corrected chi connectivity index (χ1v) is 7.18. The van der Waals surface area contributed by atoms with Crippen molar-refractivity contribution in [3.63, 3.8) is 0 Å². The van der Waals surface area contributed by atoms with Crippen LogP contribution in [0.4, 0.5) is 5.69 Å². The lowest BCUT2D eigenvalue weighted by molar-refractivity contribution is -0.384. The number of Topliss-reactive ketones (excluding diaryl/α,β-unsaturated/α-hetero) is 1. The Bertz CT molecular complexity index is 686. The molecule has 0 saturated carbocycles. The van der Waals surface area contributed by atoms with E-state index >= 15 is 0 Å². The molecular weight excluding hydrogens is 347 g/mol. The Kier molecular flexibility index (Phi) is 6.53. The number of halogens is 2. The number of nitro groups is 1. The van der Waals surface area contributed by atoms with Crippen LogP contribution in [0.3, 0.4) is 0 Å². The maximum atomic E-state index is 12.6. The van der Waals surface area contributed by atoms with Crippen LogP contribution in [-0.2, 0) is 9.53 Å². The van der Waals surface area contributed by atoms with Crippen LogP contribution in [0, 0.1) is 10.1 Å². The summed E-state index contributed by atoms with van der Waals surface area (Å²) in [4.78, 5) is 36.2. The molecule has 0 spiro atoms. The van der Waals surface area contributed by atoms with Gasteiger partial charge in [-0.15, -0.1) is 0 Å². The molecule has 0 aliphatic heterocycles. The Hall–Kier alpha value is -2.12. The van der Waals surface area contributed by atoms with Crippen LogP contribution in [0.1, 0.15) is 17.3 Å². The summed E-state index contributed by atoms with van der Waals surface area (Å²) in [5.74, 6) is -1.64. The largest absolute Gasteiger partial charge is 0.462 e. The van der Waals surface area contributed by atoms with Crippen LogP contribution in [0.25, 0.3) is 0 Å². The van der Waals surface area contributed by atoms with Gasteiger partial charge in [0, 0.05) is 31.9 Å². The molecule has 0 atom stereocenters. The average Bonchev–Trinajstić information content (AvgIpc) is 2.43. The minimum Gasteiger partial charge on any atom is -0.462 e. The van der Waals surface area contributed by atoms with Crippen LogP contribution in [0.2, 0.25) is 10.0 Å². The molecule has 0 unspecified atom stereocenters. The minimum absolute atomic E-state index is 0.0748. The summed E-state index contributed by atoms with van der Waals surface area (Å²) in [6.45, 7) is 1.67. The fourth-order valence-electron chi connectivity index (χ4n) is 1.67. The number of carbonyl (C=O) groups is 2. The molecule has 23 heavy (non-hydrogen) atoms. The summed E-state index contributed by atoms with van der Waals surface area (Å²) < 4.78 is 4.83. The predicted molar refractivity (Wildman–Crippen MR) is 85.8 cm³/mol. The van der Waals surface area contributed by atoms with Crippen molar-refractivity contribution in [3.05, 3.63) is 49.6 Å². The highest BCUT2D eigenvalue weighted by molar-refractivity contribution is 6.39. The Morgan fingerprint density at radius 2 is 1.91 bits per heavy atom. The Labute approximate surface area is 142 Å². The zero-order chi connectivity index (χ0) is 17.7. The molecule has 0 radical (unpaired) electrons.